The van der Waals surface area contributed by atoms with Gasteiger partial charge in [0.1, 0.15) is 0 Å². The Morgan fingerprint density at radius 3 is 2.46 bits per heavy atom. The summed E-state index contributed by atoms with van der Waals surface area (Å²) in [5, 5.41) is 12.6. The van der Waals surface area contributed by atoms with Crippen LogP contribution < -0.4 is 0 Å². The molecule has 0 amide bonds. The molecule has 0 N–H and O–H groups in total. The van der Waals surface area contributed by atoms with E-state index < -0.39 is 0 Å². The van der Waals surface area contributed by atoms with Crippen LogP contribution in [0.15, 0.2) is 67.0 Å². The number of hydrogen-bond donors (Lipinski definition) is 0. The zero-order chi connectivity index (χ0) is 16.5. The first-order valence-electron chi connectivity index (χ1n) is 7.60. The van der Waals surface area contributed by atoms with E-state index >= 15 is 0 Å². The van der Waals surface area contributed by atoms with Gasteiger partial charge in [-0.25, -0.2) is 4.52 Å². The van der Waals surface area contributed by atoms with Crippen molar-refractivity contribution in [3.8, 4) is 11.1 Å². The van der Waals surface area contributed by atoms with E-state index in [9.17, 15) is 4.79 Å². The molecule has 2 heterocycles. The molecule has 4 aromatic rings. The molecule has 24 heavy (non-hydrogen) atoms. The molecule has 116 valence electrons. The van der Waals surface area contributed by atoms with Crippen molar-refractivity contribution in [2.24, 2.45) is 0 Å². The molecule has 0 saturated heterocycles. The lowest BCUT2D eigenvalue weighted by Gasteiger charge is -2.02. The molecule has 5 nitrogen and oxygen atoms in total. The molecule has 2 aromatic carbocycles. The average Bonchev–Trinajstić information content (AvgIpc) is 3.05. The van der Waals surface area contributed by atoms with Gasteiger partial charge in [-0.1, -0.05) is 60.2 Å². The van der Waals surface area contributed by atoms with Crippen LogP contribution in [0, 0.1) is 6.92 Å². The molecule has 0 aliphatic carbocycles. The largest absolute Gasteiger partial charge is 0.287 e. The molecule has 0 fully saturated rings. The minimum Gasteiger partial charge on any atom is -0.287 e. The van der Waals surface area contributed by atoms with Crippen molar-refractivity contribution in [1.82, 2.24) is 19.8 Å². The highest BCUT2D eigenvalue weighted by atomic mass is 16.1. The van der Waals surface area contributed by atoms with Crippen LogP contribution in [0.25, 0.3) is 16.8 Å². The number of hydrogen-bond acceptors (Lipinski definition) is 4. The highest BCUT2D eigenvalue weighted by molar-refractivity contribution is 6.07. The van der Waals surface area contributed by atoms with Crippen molar-refractivity contribution < 1.29 is 4.79 Å². The van der Waals surface area contributed by atoms with Gasteiger partial charge in [0.2, 0.25) is 5.78 Å². The Hall–Kier alpha value is -3.34. The second-order valence-corrected chi connectivity index (χ2v) is 5.60. The van der Waals surface area contributed by atoms with E-state index in [0.29, 0.717) is 11.2 Å². The van der Waals surface area contributed by atoms with Gasteiger partial charge in [0.15, 0.2) is 11.3 Å². The van der Waals surface area contributed by atoms with E-state index in [2.05, 4.69) is 15.3 Å². The Labute approximate surface area is 138 Å². The van der Waals surface area contributed by atoms with Gasteiger partial charge in [-0.15, -0.1) is 10.2 Å². The first-order valence-corrected chi connectivity index (χ1v) is 7.60. The van der Waals surface area contributed by atoms with Crippen molar-refractivity contribution in [2.45, 2.75) is 6.92 Å². The number of rotatable bonds is 3. The Balaban J connectivity index is 1.75. The standard InChI is InChI=1S/C19H14N4O/c1-13-7-9-15(10-8-13)18(24)17-12-23-19(22-21-17)16(11-20-23)14-5-3-2-4-6-14/h2-12H,1H3. The summed E-state index contributed by atoms with van der Waals surface area (Å²) in [6.45, 7) is 1.98. The van der Waals surface area contributed by atoms with Crippen LogP contribution in [0.1, 0.15) is 21.6 Å². The lowest BCUT2D eigenvalue weighted by atomic mass is 10.1. The Bertz CT molecular complexity index is 1020. The number of nitrogens with zero attached hydrogens (tertiary/aromatic N) is 4. The summed E-state index contributed by atoms with van der Waals surface area (Å²) in [4.78, 5) is 12.5. The fraction of sp³-hybridized carbons (Fsp3) is 0.0526. The third-order valence-electron chi connectivity index (χ3n) is 3.90. The summed E-state index contributed by atoms with van der Waals surface area (Å²) in [5.41, 5.74) is 4.49. The molecule has 0 unspecified atom stereocenters. The molecule has 0 saturated carbocycles. The second-order valence-electron chi connectivity index (χ2n) is 5.60. The summed E-state index contributed by atoms with van der Waals surface area (Å²) < 4.78 is 1.59. The van der Waals surface area contributed by atoms with Gasteiger partial charge in [0, 0.05) is 11.1 Å². The van der Waals surface area contributed by atoms with Gasteiger partial charge < -0.3 is 0 Å². The lowest BCUT2D eigenvalue weighted by molar-refractivity contribution is 0.103. The predicted octanol–water partition coefficient (Wildman–Crippen LogP) is 3.33. The smallest absolute Gasteiger partial charge is 0.214 e. The first-order chi connectivity index (χ1) is 11.7. The maximum absolute atomic E-state index is 12.5. The highest BCUT2D eigenvalue weighted by Crippen LogP contribution is 2.22. The number of aryl methyl sites for hydroxylation is 1. The van der Waals surface area contributed by atoms with E-state index in [1.165, 1.54) is 0 Å². The van der Waals surface area contributed by atoms with Crippen LogP contribution in [-0.2, 0) is 0 Å². The number of fused-ring (bicyclic) bond motifs is 1. The summed E-state index contributed by atoms with van der Waals surface area (Å²) in [6, 6.07) is 17.3. The van der Waals surface area contributed by atoms with Gasteiger partial charge in [0.05, 0.1) is 12.4 Å². The topological polar surface area (TPSA) is 60.2 Å². The van der Waals surface area contributed by atoms with Crippen LogP contribution in [-0.4, -0.2) is 25.6 Å². The molecule has 2 aromatic heterocycles. The van der Waals surface area contributed by atoms with Gasteiger partial charge in [-0.05, 0) is 12.5 Å². The third-order valence-corrected chi connectivity index (χ3v) is 3.90. The third kappa shape index (κ3) is 2.46. The van der Waals surface area contributed by atoms with E-state index in [0.717, 1.165) is 16.7 Å². The zero-order valence-electron chi connectivity index (χ0n) is 13.0. The molecule has 0 bridgehead atoms. The SMILES string of the molecule is Cc1ccc(C(=O)c2cn3ncc(-c4ccccc4)c3nn2)cc1. The van der Waals surface area contributed by atoms with Crippen LogP contribution in [0.3, 0.4) is 0 Å². The van der Waals surface area contributed by atoms with Crippen LogP contribution in [0.2, 0.25) is 0 Å². The quantitative estimate of drug-likeness (QED) is 0.544. The molecule has 0 aliphatic heterocycles. The molecule has 0 aliphatic rings. The summed E-state index contributed by atoms with van der Waals surface area (Å²) in [5.74, 6) is -0.166. The van der Waals surface area contributed by atoms with Crippen molar-refractivity contribution in [3.63, 3.8) is 0 Å². The van der Waals surface area contributed by atoms with Gasteiger partial charge in [0.25, 0.3) is 0 Å². The van der Waals surface area contributed by atoms with E-state index in [1.807, 2.05) is 49.4 Å². The number of benzene rings is 2. The number of ketones is 1. The van der Waals surface area contributed by atoms with Crippen molar-refractivity contribution in [2.75, 3.05) is 0 Å². The maximum Gasteiger partial charge on any atom is 0.214 e. The predicted molar refractivity (Wildman–Crippen MR) is 90.8 cm³/mol. The average molecular weight is 314 g/mol. The van der Waals surface area contributed by atoms with Crippen LogP contribution in [0.4, 0.5) is 0 Å². The van der Waals surface area contributed by atoms with Crippen molar-refractivity contribution >= 4 is 11.4 Å². The summed E-state index contributed by atoms with van der Waals surface area (Å²) in [7, 11) is 0. The zero-order valence-corrected chi connectivity index (χ0v) is 13.0. The summed E-state index contributed by atoms with van der Waals surface area (Å²) in [6.07, 6.45) is 3.36. The Morgan fingerprint density at radius 2 is 1.71 bits per heavy atom. The molecular formula is C19H14N4O. The summed E-state index contributed by atoms with van der Waals surface area (Å²) >= 11 is 0. The van der Waals surface area contributed by atoms with Gasteiger partial charge in [-0.3, -0.25) is 4.79 Å². The fourth-order valence-corrected chi connectivity index (χ4v) is 2.57. The Morgan fingerprint density at radius 1 is 0.958 bits per heavy atom. The molecule has 0 atom stereocenters. The monoisotopic (exact) mass is 314 g/mol. The number of carbonyl (C=O) groups is 1. The van der Waals surface area contributed by atoms with E-state index in [1.54, 1.807) is 29.0 Å². The maximum atomic E-state index is 12.5. The molecule has 5 heteroatoms. The van der Waals surface area contributed by atoms with Gasteiger partial charge in [-0.2, -0.15) is 5.10 Å². The second kappa shape index (κ2) is 5.70. The first kappa shape index (κ1) is 14.3. The molecular weight excluding hydrogens is 300 g/mol. The van der Waals surface area contributed by atoms with Crippen molar-refractivity contribution in [1.29, 1.82) is 0 Å². The van der Waals surface area contributed by atoms with Crippen LogP contribution in [0.5, 0.6) is 0 Å². The Kier molecular flexibility index (Phi) is 3.39. The normalized spacial score (nSPS) is 10.9. The lowest BCUT2D eigenvalue weighted by Crippen LogP contribution is -2.08. The number of aromatic nitrogens is 4. The highest BCUT2D eigenvalue weighted by Gasteiger charge is 2.15. The van der Waals surface area contributed by atoms with Crippen molar-refractivity contribution in [3.05, 3.63) is 83.8 Å². The minimum atomic E-state index is -0.166. The molecule has 0 spiro atoms. The van der Waals surface area contributed by atoms with Crippen LogP contribution >= 0.6 is 0 Å². The number of carbonyl (C=O) groups excluding carboxylic acids is 1. The molecule has 0 radical (unpaired) electrons. The molecule has 4 rings (SSSR count). The van der Waals surface area contributed by atoms with E-state index in [4.69, 9.17) is 0 Å². The van der Waals surface area contributed by atoms with E-state index in [-0.39, 0.29) is 11.5 Å². The minimum absolute atomic E-state index is 0.166. The fourth-order valence-electron chi connectivity index (χ4n) is 2.57. The van der Waals surface area contributed by atoms with Gasteiger partial charge >= 0.3 is 0 Å².